The van der Waals surface area contributed by atoms with Crippen LogP contribution in [-0.4, -0.2) is 23.3 Å². The molecule has 0 spiro atoms. The lowest BCUT2D eigenvalue weighted by molar-refractivity contribution is 0.0953. The molecule has 2 aromatic carbocycles. The van der Waals surface area contributed by atoms with E-state index in [9.17, 15) is 9.59 Å². The van der Waals surface area contributed by atoms with Crippen LogP contribution in [0, 0.1) is 0 Å². The SMILES string of the molecule is NC(=O)c1cccc(C(=O)NCCCc2nc3ccccc3s2)c1. The van der Waals surface area contributed by atoms with E-state index in [1.165, 1.54) is 10.8 Å². The van der Waals surface area contributed by atoms with Crippen LogP contribution in [0.15, 0.2) is 48.5 Å². The molecule has 0 bridgehead atoms. The summed E-state index contributed by atoms with van der Waals surface area (Å²) in [7, 11) is 0. The van der Waals surface area contributed by atoms with Gasteiger partial charge in [0.1, 0.15) is 0 Å². The number of para-hydroxylation sites is 1. The van der Waals surface area contributed by atoms with Crippen molar-refractivity contribution in [2.45, 2.75) is 12.8 Å². The van der Waals surface area contributed by atoms with Crippen molar-refractivity contribution < 1.29 is 9.59 Å². The quantitative estimate of drug-likeness (QED) is 0.677. The molecule has 122 valence electrons. The summed E-state index contributed by atoms with van der Waals surface area (Å²) in [6.45, 7) is 0.551. The molecule has 6 heteroatoms. The number of carbonyl (C=O) groups excluding carboxylic acids is 2. The van der Waals surface area contributed by atoms with E-state index in [-0.39, 0.29) is 5.91 Å². The Morgan fingerprint density at radius 3 is 2.67 bits per heavy atom. The number of benzene rings is 2. The predicted octanol–water partition coefficient (Wildman–Crippen LogP) is 2.76. The van der Waals surface area contributed by atoms with Crippen LogP contribution in [0.2, 0.25) is 0 Å². The van der Waals surface area contributed by atoms with Gasteiger partial charge in [0.15, 0.2) is 0 Å². The summed E-state index contributed by atoms with van der Waals surface area (Å²) in [4.78, 5) is 27.8. The maximum atomic E-state index is 12.1. The van der Waals surface area contributed by atoms with Gasteiger partial charge in [-0.05, 0) is 36.8 Å². The lowest BCUT2D eigenvalue weighted by Gasteiger charge is -2.05. The first kappa shape index (κ1) is 16.1. The van der Waals surface area contributed by atoms with Crippen molar-refractivity contribution in [3.8, 4) is 0 Å². The van der Waals surface area contributed by atoms with Gasteiger partial charge in [0.25, 0.3) is 5.91 Å². The molecule has 0 saturated heterocycles. The number of aromatic nitrogens is 1. The molecule has 0 aliphatic heterocycles. The lowest BCUT2D eigenvalue weighted by Crippen LogP contribution is -2.25. The number of nitrogens with zero attached hydrogens (tertiary/aromatic N) is 1. The van der Waals surface area contributed by atoms with Crippen LogP contribution >= 0.6 is 11.3 Å². The Labute approximate surface area is 143 Å². The summed E-state index contributed by atoms with van der Waals surface area (Å²) in [5, 5.41) is 3.93. The van der Waals surface area contributed by atoms with Crippen molar-refractivity contribution in [1.82, 2.24) is 10.3 Å². The molecule has 0 atom stereocenters. The number of thiazole rings is 1. The highest BCUT2D eigenvalue weighted by Gasteiger charge is 2.08. The molecular weight excluding hydrogens is 322 g/mol. The van der Waals surface area contributed by atoms with Crippen LogP contribution in [0.3, 0.4) is 0 Å². The minimum Gasteiger partial charge on any atom is -0.366 e. The van der Waals surface area contributed by atoms with Crippen molar-refractivity contribution >= 4 is 33.4 Å². The fourth-order valence-corrected chi connectivity index (χ4v) is 3.39. The van der Waals surface area contributed by atoms with E-state index in [2.05, 4.69) is 16.4 Å². The Morgan fingerprint density at radius 1 is 1.08 bits per heavy atom. The summed E-state index contributed by atoms with van der Waals surface area (Å²) < 4.78 is 1.18. The van der Waals surface area contributed by atoms with Gasteiger partial charge in [-0.1, -0.05) is 18.2 Å². The first-order chi connectivity index (χ1) is 11.6. The lowest BCUT2D eigenvalue weighted by atomic mass is 10.1. The average molecular weight is 339 g/mol. The van der Waals surface area contributed by atoms with Crippen molar-refractivity contribution in [2.24, 2.45) is 5.73 Å². The largest absolute Gasteiger partial charge is 0.366 e. The number of amides is 2. The number of hydrogen-bond acceptors (Lipinski definition) is 4. The fourth-order valence-electron chi connectivity index (χ4n) is 2.38. The van der Waals surface area contributed by atoms with E-state index in [1.54, 1.807) is 29.5 Å². The zero-order chi connectivity index (χ0) is 16.9. The van der Waals surface area contributed by atoms with E-state index in [1.807, 2.05) is 18.2 Å². The van der Waals surface area contributed by atoms with Gasteiger partial charge in [0.2, 0.25) is 5.91 Å². The van der Waals surface area contributed by atoms with E-state index in [4.69, 9.17) is 5.73 Å². The van der Waals surface area contributed by atoms with Gasteiger partial charge in [0, 0.05) is 24.1 Å². The van der Waals surface area contributed by atoms with E-state index in [0.29, 0.717) is 17.7 Å². The highest BCUT2D eigenvalue weighted by molar-refractivity contribution is 7.18. The smallest absolute Gasteiger partial charge is 0.251 e. The van der Waals surface area contributed by atoms with Gasteiger partial charge >= 0.3 is 0 Å². The van der Waals surface area contributed by atoms with Crippen LogP contribution in [0.5, 0.6) is 0 Å². The Morgan fingerprint density at radius 2 is 1.88 bits per heavy atom. The Hall–Kier alpha value is -2.73. The van der Waals surface area contributed by atoms with Gasteiger partial charge in [-0.3, -0.25) is 9.59 Å². The molecule has 0 saturated carbocycles. The van der Waals surface area contributed by atoms with Crippen LogP contribution in [0.4, 0.5) is 0 Å². The van der Waals surface area contributed by atoms with Crippen LogP contribution in [0.25, 0.3) is 10.2 Å². The summed E-state index contributed by atoms with van der Waals surface area (Å²) >= 11 is 1.68. The van der Waals surface area contributed by atoms with Gasteiger partial charge in [0.05, 0.1) is 15.2 Å². The Bertz CT molecular complexity index is 856. The van der Waals surface area contributed by atoms with Crippen LogP contribution < -0.4 is 11.1 Å². The molecule has 3 rings (SSSR count). The summed E-state index contributed by atoms with van der Waals surface area (Å²) in [6.07, 6.45) is 1.63. The molecule has 1 heterocycles. The maximum Gasteiger partial charge on any atom is 0.251 e. The summed E-state index contributed by atoms with van der Waals surface area (Å²) in [5.41, 5.74) is 7.01. The van der Waals surface area contributed by atoms with E-state index < -0.39 is 5.91 Å². The minimum absolute atomic E-state index is 0.206. The second-order valence-electron chi connectivity index (χ2n) is 5.38. The normalized spacial score (nSPS) is 10.7. The number of primary amides is 1. The molecule has 0 aliphatic rings. The van der Waals surface area contributed by atoms with Crippen molar-refractivity contribution in [3.05, 3.63) is 64.7 Å². The molecule has 0 aliphatic carbocycles. The number of nitrogens with one attached hydrogen (secondary N) is 1. The molecule has 2 amide bonds. The van der Waals surface area contributed by atoms with Crippen molar-refractivity contribution in [3.63, 3.8) is 0 Å². The van der Waals surface area contributed by atoms with Gasteiger partial charge in [-0.25, -0.2) is 4.98 Å². The van der Waals surface area contributed by atoms with Gasteiger partial charge in [-0.2, -0.15) is 0 Å². The number of hydrogen-bond donors (Lipinski definition) is 2. The summed E-state index contributed by atoms with van der Waals surface area (Å²) in [5.74, 6) is -0.747. The van der Waals surface area contributed by atoms with Gasteiger partial charge < -0.3 is 11.1 Å². The molecule has 24 heavy (non-hydrogen) atoms. The number of aryl methyl sites for hydroxylation is 1. The highest BCUT2D eigenvalue weighted by Crippen LogP contribution is 2.22. The fraction of sp³-hybridized carbons (Fsp3) is 0.167. The molecule has 0 radical (unpaired) electrons. The number of nitrogens with two attached hydrogens (primary N) is 1. The van der Waals surface area contributed by atoms with Gasteiger partial charge in [-0.15, -0.1) is 11.3 Å². The minimum atomic E-state index is -0.541. The molecule has 3 aromatic rings. The first-order valence-corrected chi connectivity index (χ1v) is 8.47. The third kappa shape index (κ3) is 3.78. The molecule has 0 unspecified atom stereocenters. The zero-order valence-electron chi connectivity index (χ0n) is 13.0. The van der Waals surface area contributed by atoms with E-state index in [0.717, 1.165) is 23.4 Å². The third-order valence-corrected chi connectivity index (χ3v) is 4.70. The number of carbonyl (C=O) groups is 2. The maximum absolute atomic E-state index is 12.1. The Balaban J connectivity index is 1.51. The molecular formula is C18H17N3O2S. The number of fused-ring (bicyclic) bond motifs is 1. The molecule has 5 nitrogen and oxygen atoms in total. The molecule has 3 N–H and O–H groups in total. The predicted molar refractivity (Wildman–Crippen MR) is 95.2 cm³/mol. The first-order valence-electron chi connectivity index (χ1n) is 7.66. The summed E-state index contributed by atoms with van der Waals surface area (Å²) in [6, 6.07) is 14.5. The van der Waals surface area contributed by atoms with Crippen LogP contribution in [-0.2, 0) is 6.42 Å². The Kier molecular flexibility index (Phi) is 4.86. The topological polar surface area (TPSA) is 85.1 Å². The second kappa shape index (κ2) is 7.23. The van der Waals surface area contributed by atoms with Crippen molar-refractivity contribution in [1.29, 1.82) is 0 Å². The van der Waals surface area contributed by atoms with Crippen molar-refractivity contribution in [2.75, 3.05) is 6.54 Å². The van der Waals surface area contributed by atoms with Crippen LogP contribution in [0.1, 0.15) is 32.1 Å². The second-order valence-corrected chi connectivity index (χ2v) is 6.50. The average Bonchev–Trinajstić information content (AvgIpc) is 3.01. The number of rotatable bonds is 6. The standard InChI is InChI=1S/C18H17N3O2S/c19-17(22)12-5-3-6-13(11-12)18(23)20-10-4-9-16-21-14-7-1-2-8-15(14)24-16/h1-3,5-8,11H,4,9-10H2,(H2,19,22)(H,20,23). The molecule has 0 fully saturated rings. The molecule has 1 aromatic heterocycles. The monoisotopic (exact) mass is 339 g/mol. The third-order valence-electron chi connectivity index (χ3n) is 3.60. The highest BCUT2D eigenvalue weighted by atomic mass is 32.1. The zero-order valence-corrected chi connectivity index (χ0v) is 13.8. The van der Waals surface area contributed by atoms with E-state index >= 15 is 0 Å².